The molecule has 3 aromatic rings. The lowest BCUT2D eigenvalue weighted by molar-refractivity contribution is 0.0947. The standard InChI is InChI=1S/C22H25FN4O3S/c1-29-17-6-7-18-19(20(17)30-2)25-22(31-18)27-12-10-26(11-13-27)9-8-24-21(28)15-4-3-5-16(23)14-15/h3-7,14H,8-13H2,1-2H3,(H,24,28). The first-order chi connectivity index (χ1) is 15.1. The molecule has 1 aromatic heterocycles. The summed E-state index contributed by atoms with van der Waals surface area (Å²) in [5.41, 5.74) is 1.16. The lowest BCUT2D eigenvalue weighted by Gasteiger charge is -2.34. The Bertz CT molecular complexity index is 1070. The van der Waals surface area contributed by atoms with E-state index in [4.69, 9.17) is 14.5 Å². The maximum Gasteiger partial charge on any atom is 0.251 e. The first-order valence-corrected chi connectivity index (χ1v) is 10.9. The van der Waals surface area contributed by atoms with Gasteiger partial charge in [-0.2, -0.15) is 0 Å². The van der Waals surface area contributed by atoms with Crippen LogP contribution in [0.5, 0.6) is 11.5 Å². The zero-order valence-corrected chi connectivity index (χ0v) is 18.4. The van der Waals surface area contributed by atoms with E-state index in [9.17, 15) is 9.18 Å². The number of anilines is 1. The van der Waals surface area contributed by atoms with Crippen molar-refractivity contribution in [3.05, 3.63) is 47.8 Å². The number of piperazine rings is 1. The second kappa shape index (κ2) is 9.49. The van der Waals surface area contributed by atoms with Gasteiger partial charge in [0.05, 0.1) is 18.9 Å². The fourth-order valence-corrected chi connectivity index (χ4v) is 4.67. The number of nitrogens with one attached hydrogen (secondary N) is 1. The third kappa shape index (κ3) is 4.72. The summed E-state index contributed by atoms with van der Waals surface area (Å²) in [6.45, 7) is 4.75. The molecular weight excluding hydrogens is 419 g/mol. The number of benzene rings is 2. The number of thiazole rings is 1. The minimum absolute atomic E-state index is 0.253. The van der Waals surface area contributed by atoms with E-state index in [1.54, 1.807) is 31.6 Å². The Balaban J connectivity index is 1.30. The highest BCUT2D eigenvalue weighted by Crippen LogP contribution is 2.39. The summed E-state index contributed by atoms with van der Waals surface area (Å²) >= 11 is 1.65. The zero-order chi connectivity index (χ0) is 21.8. The molecule has 1 aliphatic rings. The number of methoxy groups -OCH3 is 2. The van der Waals surface area contributed by atoms with Gasteiger partial charge in [-0.25, -0.2) is 9.37 Å². The minimum Gasteiger partial charge on any atom is -0.493 e. The third-order valence-corrected chi connectivity index (χ3v) is 6.42. The van der Waals surface area contributed by atoms with E-state index in [1.165, 1.54) is 18.2 Å². The molecule has 164 valence electrons. The summed E-state index contributed by atoms with van der Waals surface area (Å²) in [4.78, 5) is 21.5. The predicted molar refractivity (Wildman–Crippen MR) is 120 cm³/mol. The molecule has 7 nitrogen and oxygen atoms in total. The first kappa shape index (κ1) is 21.3. The van der Waals surface area contributed by atoms with Gasteiger partial charge in [0.2, 0.25) is 0 Å². The van der Waals surface area contributed by atoms with Crippen LogP contribution in [0.4, 0.5) is 9.52 Å². The smallest absolute Gasteiger partial charge is 0.251 e. The number of nitrogens with zero attached hydrogens (tertiary/aromatic N) is 3. The van der Waals surface area contributed by atoms with Crippen molar-refractivity contribution in [3.63, 3.8) is 0 Å². The number of halogens is 1. The van der Waals surface area contributed by atoms with Crippen molar-refractivity contribution in [2.75, 3.05) is 58.4 Å². The summed E-state index contributed by atoms with van der Waals surface area (Å²) in [6.07, 6.45) is 0. The van der Waals surface area contributed by atoms with Gasteiger partial charge >= 0.3 is 0 Å². The van der Waals surface area contributed by atoms with Crippen LogP contribution in [0.15, 0.2) is 36.4 Å². The molecule has 31 heavy (non-hydrogen) atoms. The van der Waals surface area contributed by atoms with E-state index in [0.29, 0.717) is 23.6 Å². The van der Waals surface area contributed by atoms with Gasteiger partial charge in [-0.05, 0) is 30.3 Å². The van der Waals surface area contributed by atoms with Crippen LogP contribution < -0.4 is 19.7 Å². The molecule has 2 aromatic carbocycles. The lowest BCUT2D eigenvalue weighted by Crippen LogP contribution is -2.48. The molecule has 2 heterocycles. The van der Waals surface area contributed by atoms with Crippen molar-refractivity contribution >= 4 is 32.6 Å². The Kier molecular flexibility index (Phi) is 6.53. The van der Waals surface area contributed by atoms with Crippen molar-refractivity contribution < 1.29 is 18.7 Å². The Morgan fingerprint density at radius 1 is 1.16 bits per heavy atom. The van der Waals surface area contributed by atoms with Crippen molar-refractivity contribution in [2.45, 2.75) is 0 Å². The topological polar surface area (TPSA) is 66.9 Å². The molecule has 4 rings (SSSR count). The van der Waals surface area contributed by atoms with E-state index >= 15 is 0 Å². The van der Waals surface area contributed by atoms with Gasteiger partial charge < -0.3 is 19.7 Å². The number of carbonyl (C=O) groups is 1. The summed E-state index contributed by atoms with van der Waals surface area (Å²) in [6, 6.07) is 9.64. The van der Waals surface area contributed by atoms with Gasteiger partial charge in [0, 0.05) is 44.8 Å². The van der Waals surface area contributed by atoms with Crippen LogP contribution in [-0.2, 0) is 0 Å². The van der Waals surface area contributed by atoms with Crippen molar-refractivity contribution in [1.82, 2.24) is 15.2 Å². The largest absolute Gasteiger partial charge is 0.493 e. The van der Waals surface area contributed by atoms with E-state index in [-0.39, 0.29) is 5.91 Å². The van der Waals surface area contributed by atoms with Gasteiger partial charge in [0.1, 0.15) is 11.3 Å². The van der Waals surface area contributed by atoms with Gasteiger partial charge in [-0.3, -0.25) is 9.69 Å². The molecule has 9 heteroatoms. The van der Waals surface area contributed by atoms with Gasteiger partial charge in [-0.15, -0.1) is 0 Å². The molecule has 1 amide bonds. The highest BCUT2D eigenvalue weighted by atomic mass is 32.1. The maximum absolute atomic E-state index is 13.3. The van der Waals surface area contributed by atoms with Crippen molar-refractivity contribution in [3.8, 4) is 11.5 Å². The molecule has 1 aliphatic heterocycles. The minimum atomic E-state index is -0.408. The average molecular weight is 445 g/mol. The second-order valence-corrected chi connectivity index (χ2v) is 8.25. The zero-order valence-electron chi connectivity index (χ0n) is 17.6. The van der Waals surface area contributed by atoms with Gasteiger partial charge in [0.15, 0.2) is 16.6 Å². The molecule has 0 saturated carbocycles. The molecule has 0 aliphatic carbocycles. The van der Waals surface area contributed by atoms with Crippen molar-refractivity contribution in [1.29, 1.82) is 0 Å². The molecule has 1 fully saturated rings. The highest BCUT2D eigenvalue weighted by Gasteiger charge is 2.21. The maximum atomic E-state index is 13.3. The first-order valence-electron chi connectivity index (χ1n) is 10.1. The molecule has 0 bridgehead atoms. The van der Waals surface area contributed by atoms with Crippen LogP contribution in [0.3, 0.4) is 0 Å². The summed E-state index contributed by atoms with van der Waals surface area (Å²) < 4.78 is 25.2. The average Bonchev–Trinajstić information content (AvgIpc) is 3.23. The van der Waals surface area contributed by atoms with Crippen LogP contribution in [0.25, 0.3) is 10.2 Å². The molecule has 1 saturated heterocycles. The summed E-state index contributed by atoms with van der Waals surface area (Å²) in [5.74, 6) is 0.679. The summed E-state index contributed by atoms with van der Waals surface area (Å²) in [7, 11) is 3.25. The second-order valence-electron chi connectivity index (χ2n) is 7.24. The summed E-state index contributed by atoms with van der Waals surface area (Å²) in [5, 5.41) is 3.83. The Morgan fingerprint density at radius 2 is 1.97 bits per heavy atom. The van der Waals surface area contributed by atoms with E-state index in [0.717, 1.165) is 48.1 Å². The molecular formula is C22H25FN4O3S. The van der Waals surface area contributed by atoms with Crippen LogP contribution in [0, 0.1) is 5.82 Å². The van der Waals surface area contributed by atoms with Crippen LogP contribution in [0.1, 0.15) is 10.4 Å². The number of rotatable bonds is 7. The number of fused-ring (bicyclic) bond motifs is 1. The molecule has 0 atom stereocenters. The third-order valence-electron chi connectivity index (χ3n) is 5.33. The van der Waals surface area contributed by atoms with E-state index in [1.807, 2.05) is 12.1 Å². The fourth-order valence-electron chi connectivity index (χ4n) is 3.65. The number of hydrogen-bond donors (Lipinski definition) is 1. The van der Waals surface area contributed by atoms with Crippen LogP contribution in [0.2, 0.25) is 0 Å². The normalized spacial score (nSPS) is 14.6. The molecule has 1 N–H and O–H groups in total. The molecule has 0 unspecified atom stereocenters. The fraction of sp³-hybridized carbons (Fsp3) is 0.364. The number of aromatic nitrogens is 1. The number of amides is 1. The van der Waals surface area contributed by atoms with Crippen LogP contribution in [-0.4, -0.2) is 69.3 Å². The molecule has 0 radical (unpaired) electrons. The van der Waals surface area contributed by atoms with Crippen LogP contribution >= 0.6 is 11.3 Å². The van der Waals surface area contributed by atoms with E-state index < -0.39 is 5.82 Å². The predicted octanol–water partition coefficient (Wildman–Crippen LogP) is 3.00. The lowest BCUT2D eigenvalue weighted by atomic mass is 10.2. The number of ether oxygens (including phenoxy) is 2. The molecule has 0 spiro atoms. The number of hydrogen-bond acceptors (Lipinski definition) is 7. The highest BCUT2D eigenvalue weighted by molar-refractivity contribution is 7.22. The quantitative estimate of drug-likeness (QED) is 0.604. The van der Waals surface area contributed by atoms with Crippen molar-refractivity contribution in [2.24, 2.45) is 0 Å². The Morgan fingerprint density at radius 3 is 2.68 bits per heavy atom. The van der Waals surface area contributed by atoms with Gasteiger partial charge in [0.25, 0.3) is 5.91 Å². The Labute approximate surface area is 184 Å². The van der Waals surface area contributed by atoms with Gasteiger partial charge in [-0.1, -0.05) is 17.4 Å². The SMILES string of the molecule is COc1ccc2sc(N3CCN(CCNC(=O)c4cccc(F)c4)CC3)nc2c1OC. The monoisotopic (exact) mass is 444 g/mol. The number of carbonyl (C=O) groups excluding carboxylic acids is 1. The van der Waals surface area contributed by atoms with E-state index in [2.05, 4.69) is 15.1 Å². The Hall–Kier alpha value is -2.91.